The Morgan fingerprint density at radius 3 is 2.10 bits per heavy atom. The molecule has 0 radical (unpaired) electrons. The van der Waals surface area contributed by atoms with Crippen LogP contribution in [0.3, 0.4) is 0 Å². The molecule has 154 valence electrons. The second-order valence-corrected chi connectivity index (χ2v) is 6.01. The van der Waals surface area contributed by atoms with Crippen molar-refractivity contribution in [3.63, 3.8) is 0 Å². The molecule has 29 heavy (non-hydrogen) atoms. The van der Waals surface area contributed by atoms with Crippen LogP contribution in [-0.4, -0.2) is 19.9 Å². The summed E-state index contributed by atoms with van der Waals surface area (Å²) in [7, 11) is 1.40. The Balaban J connectivity index is 1.83. The summed E-state index contributed by atoms with van der Waals surface area (Å²) >= 11 is 0. The average Bonchev–Trinajstić information content (AvgIpc) is 2.66. The second kappa shape index (κ2) is 7.73. The third-order valence-corrected chi connectivity index (χ3v) is 3.95. The van der Waals surface area contributed by atoms with E-state index in [-0.39, 0.29) is 16.5 Å². The van der Waals surface area contributed by atoms with E-state index in [0.717, 1.165) is 36.4 Å². The number of alkyl halides is 5. The molecule has 3 aromatic carbocycles. The van der Waals surface area contributed by atoms with Gasteiger partial charge in [0.15, 0.2) is 18.2 Å². The minimum absolute atomic E-state index is 0.0928. The molecular formula is C20H14F6O3. The third kappa shape index (κ3) is 4.85. The van der Waals surface area contributed by atoms with Crippen molar-refractivity contribution in [3.05, 3.63) is 66.0 Å². The first-order chi connectivity index (χ1) is 13.6. The van der Waals surface area contributed by atoms with Gasteiger partial charge in [-0.25, -0.2) is 4.39 Å². The molecule has 0 atom stereocenters. The van der Waals surface area contributed by atoms with Crippen molar-refractivity contribution in [3.8, 4) is 17.2 Å². The first kappa shape index (κ1) is 20.6. The third-order valence-electron chi connectivity index (χ3n) is 3.95. The Hall–Kier alpha value is -3.10. The van der Waals surface area contributed by atoms with Crippen LogP contribution in [-0.2, 0) is 6.11 Å². The van der Waals surface area contributed by atoms with Crippen molar-refractivity contribution >= 4 is 10.8 Å². The molecular weight excluding hydrogens is 402 g/mol. The van der Waals surface area contributed by atoms with Crippen LogP contribution in [0.2, 0.25) is 0 Å². The van der Waals surface area contributed by atoms with Crippen LogP contribution >= 0.6 is 0 Å². The lowest BCUT2D eigenvalue weighted by Gasteiger charge is -2.19. The Labute approximate surface area is 161 Å². The lowest BCUT2D eigenvalue weighted by molar-refractivity contribution is -0.185. The van der Waals surface area contributed by atoms with Crippen LogP contribution < -0.4 is 14.2 Å². The number of hydrogen-bond acceptors (Lipinski definition) is 3. The Bertz CT molecular complexity index is 1000. The lowest BCUT2D eigenvalue weighted by atomic mass is 10.1. The lowest BCUT2D eigenvalue weighted by Crippen LogP contribution is -2.21. The summed E-state index contributed by atoms with van der Waals surface area (Å²) in [6.07, 6.45) is -8.29. The predicted molar refractivity (Wildman–Crippen MR) is 93.0 cm³/mol. The number of fused-ring (bicyclic) bond motifs is 1. The van der Waals surface area contributed by atoms with Gasteiger partial charge in [-0.15, -0.1) is 0 Å². The zero-order valence-corrected chi connectivity index (χ0v) is 14.9. The van der Waals surface area contributed by atoms with Gasteiger partial charge in [-0.05, 0) is 53.9 Å². The van der Waals surface area contributed by atoms with Gasteiger partial charge in [0.2, 0.25) is 0 Å². The number of methoxy groups -OCH3 is 1. The fourth-order valence-electron chi connectivity index (χ4n) is 2.58. The van der Waals surface area contributed by atoms with E-state index >= 15 is 0 Å². The SMILES string of the molecule is COc1ccc(C(F)(F)Oc2ccc3c(F)c(OCC(F)(F)F)ccc3c2)cc1. The molecule has 0 unspecified atom stereocenters. The van der Waals surface area contributed by atoms with Crippen LogP contribution in [0.5, 0.6) is 17.2 Å². The summed E-state index contributed by atoms with van der Waals surface area (Å²) in [5.41, 5.74) is -0.416. The quantitative estimate of drug-likeness (QED) is 0.458. The van der Waals surface area contributed by atoms with Gasteiger partial charge < -0.3 is 14.2 Å². The molecule has 3 nitrogen and oxygen atoms in total. The Morgan fingerprint density at radius 1 is 0.828 bits per heavy atom. The largest absolute Gasteiger partial charge is 0.497 e. The highest BCUT2D eigenvalue weighted by atomic mass is 19.4. The van der Waals surface area contributed by atoms with Crippen LogP contribution in [0.1, 0.15) is 5.56 Å². The van der Waals surface area contributed by atoms with Gasteiger partial charge >= 0.3 is 12.3 Å². The zero-order chi connectivity index (χ0) is 21.2. The molecule has 3 rings (SSSR count). The van der Waals surface area contributed by atoms with Crippen molar-refractivity contribution in [2.75, 3.05) is 13.7 Å². The van der Waals surface area contributed by atoms with Crippen LogP contribution in [0.4, 0.5) is 26.3 Å². The summed E-state index contributed by atoms with van der Waals surface area (Å²) < 4.78 is 93.9. The summed E-state index contributed by atoms with van der Waals surface area (Å²) in [6.45, 7) is -1.65. The minimum atomic E-state index is -4.62. The molecule has 0 saturated heterocycles. The molecule has 0 N–H and O–H groups in total. The molecule has 0 saturated carbocycles. The Morgan fingerprint density at radius 2 is 1.48 bits per heavy atom. The van der Waals surface area contributed by atoms with Crippen LogP contribution in [0.15, 0.2) is 54.6 Å². The van der Waals surface area contributed by atoms with E-state index in [1.165, 1.54) is 25.3 Å². The highest BCUT2D eigenvalue weighted by molar-refractivity contribution is 5.86. The summed E-state index contributed by atoms with van der Waals surface area (Å²) in [6, 6.07) is 10.6. The van der Waals surface area contributed by atoms with Crippen molar-refractivity contribution < 1.29 is 40.6 Å². The van der Waals surface area contributed by atoms with Crippen molar-refractivity contribution in [1.29, 1.82) is 0 Å². The fourth-order valence-corrected chi connectivity index (χ4v) is 2.58. The van der Waals surface area contributed by atoms with Gasteiger partial charge in [-0.2, -0.15) is 22.0 Å². The van der Waals surface area contributed by atoms with E-state index in [2.05, 4.69) is 4.74 Å². The maximum atomic E-state index is 14.4. The number of rotatable bonds is 6. The number of ether oxygens (including phenoxy) is 3. The molecule has 0 spiro atoms. The maximum absolute atomic E-state index is 14.4. The van der Waals surface area contributed by atoms with E-state index in [0.29, 0.717) is 5.75 Å². The molecule has 0 aliphatic rings. The fraction of sp³-hybridized carbons (Fsp3) is 0.200. The van der Waals surface area contributed by atoms with E-state index in [9.17, 15) is 26.3 Å². The molecule has 0 fully saturated rings. The highest BCUT2D eigenvalue weighted by Crippen LogP contribution is 2.35. The molecule has 0 heterocycles. The van der Waals surface area contributed by atoms with Gasteiger partial charge in [0.1, 0.15) is 11.5 Å². The van der Waals surface area contributed by atoms with Crippen LogP contribution in [0, 0.1) is 5.82 Å². The molecule has 9 heteroatoms. The highest BCUT2D eigenvalue weighted by Gasteiger charge is 2.34. The number of benzene rings is 3. The van der Waals surface area contributed by atoms with Gasteiger partial charge in [-0.3, -0.25) is 0 Å². The number of hydrogen-bond donors (Lipinski definition) is 0. The minimum Gasteiger partial charge on any atom is -0.497 e. The van der Waals surface area contributed by atoms with E-state index < -0.39 is 36.0 Å². The van der Waals surface area contributed by atoms with Crippen molar-refractivity contribution in [2.45, 2.75) is 12.3 Å². The van der Waals surface area contributed by atoms with Gasteiger partial charge in [0.25, 0.3) is 0 Å². The maximum Gasteiger partial charge on any atom is 0.426 e. The first-order valence-corrected chi connectivity index (χ1v) is 8.22. The number of halogens is 6. The van der Waals surface area contributed by atoms with E-state index in [1.807, 2.05) is 0 Å². The molecule has 0 aliphatic heterocycles. The second-order valence-electron chi connectivity index (χ2n) is 6.01. The summed E-state index contributed by atoms with van der Waals surface area (Å²) in [5.74, 6) is -1.47. The molecule has 0 amide bonds. The Kier molecular flexibility index (Phi) is 5.50. The van der Waals surface area contributed by atoms with Crippen LogP contribution in [0.25, 0.3) is 10.8 Å². The van der Waals surface area contributed by atoms with E-state index in [4.69, 9.17) is 9.47 Å². The smallest absolute Gasteiger partial charge is 0.426 e. The van der Waals surface area contributed by atoms with Crippen molar-refractivity contribution in [2.24, 2.45) is 0 Å². The van der Waals surface area contributed by atoms with Gasteiger partial charge in [-0.1, -0.05) is 6.07 Å². The molecule has 0 aliphatic carbocycles. The van der Waals surface area contributed by atoms with Crippen molar-refractivity contribution in [1.82, 2.24) is 0 Å². The monoisotopic (exact) mass is 416 g/mol. The normalized spacial score (nSPS) is 12.1. The first-order valence-electron chi connectivity index (χ1n) is 8.22. The zero-order valence-electron chi connectivity index (χ0n) is 14.9. The molecule has 0 bridgehead atoms. The predicted octanol–water partition coefficient (Wildman–Crippen LogP) is 6.06. The van der Waals surface area contributed by atoms with Gasteiger partial charge in [0, 0.05) is 5.39 Å². The topological polar surface area (TPSA) is 27.7 Å². The molecule has 3 aromatic rings. The van der Waals surface area contributed by atoms with Gasteiger partial charge in [0.05, 0.1) is 12.7 Å². The summed E-state index contributed by atoms with van der Waals surface area (Å²) in [5, 5.41) is 0.0645. The standard InChI is InChI=1S/C20H14F6O3/c1-27-14-5-3-13(4-6-14)20(25,26)29-15-7-8-16-12(10-15)2-9-17(18(16)21)28-11-19(22,23)24/h2-10H,11H2,1H3. The van der Waals surface area contributed by atoms with E-state index in [1.54, 1.807) is 0 Å². The average molecular weight is 416 g/mol. The molecule has 0 aromatic heterocycles. The summed E-state index contributed by atoms with van der Waals surface area (Å²) in [4.78, 5) is 0.